The minimum absolute atomic E-state index is 0.0799. The summed E-state index contributed by atoms with van der Waals surface area (Å²) in [4.78, 5) is 6.52. The first-order valence-corrected chi connectivity index (χ1v) is 5.52. The SMILES string of the molecule is COC1CN(c2cccc(NN)n2)CC1OC. The van der Waals surface area contributed by atoms with Crippen LogP contribution in [0.3, 0.4) is 0 Å². The third-order valence-corrected chi connectivity index (χ3v) is 3.03. The van der Waals surface area contributed by atoms with Gasteiger partial charge in [-0.3, -0.25) is 0 Å². The number of hydrazine groups is 1. The molecule has 1 aliphatic rings. The van der Waals surface area contributed by atoms with Crippen LogP contribution in [0, 0.1) is 0 Å². The number of hydrogen-bond donors (Lipinski definition) is 2. The Kier molecular flexibility index (Phi) is 3.78. The number of aromatic nitrogens is 1. The molecule has 1 aromatic rings. The number of rotatable bonds is 4. The Morgan fingerprint density at radius 1 is 1.29 bits per heavy atom. The summed E-state index contributed by atoms with van der Waals surface area (Å²) in [7, 11) is 3.40. The molecule has 0 aromatic carbocycles. The van der Waals surface area contributed by atoms with Crippen LogP contribution in [0.1, 0.15) is 0 Å². The molecule has 2 rings (SSSR count). The van der Waals surface area contributed by atoms with Crippen LogP contribution in [0.15, 0.2) is 18.2 Å². The topological polar surface area (TPSA) is 72.6 Å². The number of nitrogens with zero attached hydrogens (tertiary/aromatic N) is 2. The molecular formula is C11H18N4O2. The molecule has 6 heteroatoms. The number of nitrogens with two attached hydrogens (primary N) is 1. The highest BCUT2D eigenvalue weighted by molar-refractivity contribution is 5.47. The predicted molar refractivity (Wildman–Crippen MR) is 65.9 cm³/mol. The fourth-order valence-corrected chi connectivity index (χ4v) is 2.06. The molecule has 6 nitrogen and oxygen atoms in total. The number of nitrogens with one attached hydrogen (secondary N) is 1. The molecule has 2 unspecified atom stereocenters. The van der Waals surface area contributed by atoms with Gasteiger partial charge in [-0.1, -0.05) is 6.07 Å². The van der Waals surface area contributed by atoms with Gasteiger partial charge < -0.3 is 19.8 Å². The van der Waals surface area contributed by atoms with Crippen molar-refractivity contribution in [2.75, 3.05) is 37.6 Å². The summed E-state index contributed by atoms with van der Waals surface area (Å²) in [6.45, 7) is 1.55. The van der Waals surface area contributed by atoms with E-state index in [-0.39, 0.29) is 12.2 Å². The number of nitrogen functional groups attached to an aromatic ring is 1. The third-order valence-electron chi connectivity index (χ3n) is 3.03. The van der Waals surface area contributed by atoms with Crippen molar-refractivity contribution in [1.82, 2.24) is 4.98 Å². The summed E-state index contributed by atoms with van der Waals surface area (Å²) >= 11 is 0. The molecule has 1 aliphatic heterocycles. The average molecular weight is 238 g/mol. The number of ether oxygens (including phenoxy) is 2. The molecule has 0 spiro atoms. The maximum Gasteiger partial charge on any atom is 0.142 e. The van der Waals surface area contributed by atoms with Crippen LogP contribution in [-0.4, -0.2) is 44.5 Å². The van der Waals surface area contributed by atoms with E-state index < -0.39 is 0 Å². The Hall–Kier alpha value is -1.37. The van der Waals surface area contributed by atoms with E-state index in [1.165, 1.54) is 0 Å². The van der Waals surface area contributed by atoms with Crippen LogP contribution in [0.25, 0.3) is 0 Å². The van der Waals surface area contributed by atoms with Crippen LogP contribution in [0.2, 0.25) is 0 Å². The van der Waals surface area contributed by atoms with Crippen molar-refractivity contribution in [1.29, 1.82) is 0 Å². The van der Waals surface area contributed by atoms with Crippen molar-refractivity contribution in [3.63, 3.8) is 0 Å². The zero-order valence-corrected chi connectivity index (χ0v) is 10.1. The molecule has 0 bridgehead atoms. The van der Waals surface area contributed by atoms with Gasteiger partial charge in [0.2, 0.25) is 0 Å². The summed E-state index contributed by atoms with van der Waals surface area (Å²) in [5, 5.41) is 0. The van der Waals surface area contributed by atoms with Gasteiger partial charge in [0.15, 0.2) is 0 Å². The zero-order valence-electron chi connectivity index (χ0n) is 10.1. The van der Waals surface area contributed by atoms with E-state index in [1.807, 2.05) is 18.2 Å². The Labute approximate surface area is 101 Å². The first kappa shape index (κ1) is 12.1. The lowest BCUT2D eigenvalue weighted by molar-refractivity contribution is -0.00461. The van der Waals surface area contributed by atoms with E-state index >= 15 is 0 Å². The summed E-state index contributed by atoms with van der Waals surface area (Å²) in [5.74, 6) is 6.87. The molecule has 0 saturated carbocycles. The Bertz CT molecular complexity index is 362. The van der Waals surface area contributed by atoms with Gasteiger partial charge in [0.25, 0.3) is 0 Å². The maximum absolute atomic E-state index is 5.39. The lowest BCUT2D eigenvalue weighted by atomic mass is 10.3. The first-order valence-electron chi connectivity index (χ1n) is 5.52. The average Bonchev–Trinajstić information content (AvgIpc) is 2.82. The van der Waals surface area contributed by atoms with Gasteiger partial charge in [-0.05, 0) is 12.1 Å². The fraction of sp³-hybridized carbons (Fsp3) is 0.545. The highest BCUT2D eigenvalue weighted by Gasteiger charge is 2.33. The highest BCUT2D eigenvalue weighted by atomic mass is 16.5. The van der Waals surface area contributed by atoms with Crippen LogP contribution < -0.4 is 16.2 Å². The number of methoxy groups -OCH3 is 2. The van der Waals surface area contributed by atoms with E-state index in [1.54, 1.807) is 14.2 Å². The van der Waals surface area contributed by atoms with Crippen molar-refractivity contribution < 1.29 is 9.47 Å². The van der Waals surface area contributed by atoms with Crippen molar-refractivity contribution in [2.45, 2.75) is 12.2 Å². The minimum atomic E-state index is 0.0799. The summed E-state index contributed by atoms with van der Waals surface area (Å²) < 4.78 is 10.8. The van der Waals surface area contributed by atoms with Crippen molar-refractivity contribution >= 4 is 11.6 Å². The second-order valence-corrected chi connectivity index (χ2v) is 3.98. The molecule has 1 fully saturated rings. The summed E-state index contributed by atoms with van der Waals surface area (Å²) in [6, 6.07) is 5.69. The minimum Gasteiger partial charge on any atom is -0.377 e. The number of hydrogen-bond acceptors (Lipinski definition) is 6. The Morgan fingerprint density at radius 2 is 1.94 bits per heavy atom. The van der Waals surface area contributed by atoms with Crippen molar-refractivity contribution in [2.24, 2.45) is 5.84 Å². The molecule has 0 radical (unpaired) electrons. The lowest BCUT2D eigenvalue weighted by Gasteiger charge is -2.17. The van der Waals surface area contributed by atoms with Crippen molar-refractivity contribution in [3.05, 3.63) is 18.2 Å². The molecule has 1 aromatic heterocycles. The van der Waals surface area contributed by atoms with Crippen LogP contribution >= 0.6 is 0 Å². The molecular weight excluding hydrogens is 220 g/mol. The Balaban J connectivity index is 2.13. The van der Waals surface area contributed by atoms with E-state index in [4.69, 9.17) is 15.3 Å². The number of anilines is 2. The first-order chi connectivity index (χ1) is 8.28. The monoisotopic (exact) mass is 238 g/mol. The summed E-state index contributed by atoms with van der Waals surface area (Å²) in [5.41, 5.74) is 2.54. The zero-order chi connectivity index (χ0) is 12.3. The summed E-state index contributed by atoms with van der Waals surface area (Å²) in [6.07, 6.45) is 0.160. The number of pyridine rings is 1. The van der Waals surface area contributed by atoms with Gasteiger partial charge in [-0.15, -0.1) is 0 Å². The van der Waals surface area contributed by atoms with Crippen LogP contribution in [-0.2, 0) is 9.47 Å². The second-order valence-electron chi connectivity index (χ2n) is 3.98. The largest absolute Gasteiger partial charge is 0.377 e. The van der Waals surface area contributed by atoms with Gasteiger partial charge in [0, 0.05) is 27.3 Å². The van der Waals surface area contributed by atoms with E-state index in [2.05, 4.69) is 15.3 Å². The van der Waals surface area contributed by atoms with Gasteiger partial charge in [0.05, 0.1) is 0 Å². The van der Waals surface area contributed by atoms with Gasteiger partial charge in [-0.25, -0.2) is 10.8 Å². The van der Waals surface area contributed by atoms with Crippen molar-refractivity contribution in [3.8, 4) is 0 Å². The van der Waals surface area contributed by atoms with Crippen LogP contribution in [0.5, 0.6) is 0 Å². The quantitative estimate of drug-likeness (QED) is 0.577. The molecule has 0 aliphatic carbocycles. The van der Waals surface area contributed by atoms with E-state index in [0.717, 1.165) is 18.9 Å². The second kappa shape index (κ2) is 5.31. The fourth-order valence-electron chi connectivity index (χ4n) is 2.06. The molecule has 3 N–H and O–H groups in total. The van der Waals surface area contributed by atoms with Crippen LogP contribution in [0.4, 0.5) is 11.6 Å². The molecule has 0 amide bonds. The molecule has 17 heavy (non-hydrogen) atoms. The Morgan fingerprint density at radius 3 is 2.47 bits per heavy atom. The van der Waals surface area contributed by atoms with Gasteiger partial charge in [-0.2, -0.15) is 0 Å². The molecule has 2 heterocycles. The van der Waals surface area contributed by atoms with E-state index in [0.29, 0.717) is 5.82 Å². The normalized spacial score (nSPS) is 24.1. The molecule has 94 valence electrons. The highest BCUT2D eigenvalue weighted by Crippen LogP contribution is 2.22. The third kappa shape index (κ3) is 2.49. The van der Waals surface area contributed by atoms with Gasteiger partial charge in [0.1, 0.15) is 23.8 Å². The predicted octanol–water partition coefficient (Wildman–Crippen LogP) is 0.217. The smallest absolute Gasteiger partial charge is 0.142 e. The maximum atomic E-state index is 5.39. The lowest BCUT2D eigenvalue weighted by Crippen LogP contribution is -2.27. The van der Waals surface area contributed by atoms with Gasteiger partial charge >= 0.3 is 0 Å². The molecule has 1 saturated heterocycles. The van der Waals surface area contributed by atoms with E-state index in [9.17, 15) is 0 Å². The standard InChI is InChI=1S/C11H18N4O2/c1-16-8-6-15(7-9(8)17-2)11-5-3-4-10(13-11)14-12/h3-5,8-9H,6-7,12H2,1-2H3,(H,13,14). The molecule has 2 atom stereocenters.